The van der Waals surface area contributed by atoms with E-state index >= 15 is 0 Å². The highest BCUT2D eigenvalue weighted by Gasteiger charge is 1.99. The van der Waals surface area contributed by atoms with E-state index in [4.69, 9.17) is 0 Å². The van der Waals surface area contributed by atoms with Gasteiger partial charge in [-0.15, -0.1) is 0 Å². The lowest BCUT2D eigenvalue weighted by atomic mass is 10.2. The molecule has 0 bridgehead atoms. The zero-order valence-electron chi connectivity index (χ0n) is 7.39. The second-order valence-electron chi connectivity index (χ2n) is 3.06. The van der Waals surface area contributed by atoms with Gasteiger partial charge in [-0.2, -0.15) is 0 Å². The molecule has 2 aromatic rings. The molecule has 0 aliphatic heterocycles. The lowest BCUT2D eigenvalue weighted by Crippen LogP contribution is -2.04. The van der Waals surface area contributed by atoms with E-state index in [1.165, 1.54) is 16.6 Å². The third-order valence-corrected chi connectivity index (χ3v) is 2.50. The molecule has 0 radical (unpaired) electrons. The molecule has 3 heteroatoms. The van der Waals surface area contributed by atoms with Gasteiger partial charge in [-0.25, -0.2) is 0 Å². The van der Waals surface area contributed by atoms with E-state index in [9.17, 15) is 0 Å². The summed E-state index contributed by atoms with van der Waals surface area (Å²) in [4.78, 5) is 3.34. The molecule has 2 N–H and O–H groups in total. The molecule has 2 nitrogen and oxygen atoms in total. The number of fused-ring (bicyclic) bond motifs is 1. The molecule has 0 aliphatic rings. The van der Waals surface area contributed by atoms with Gasteiger partial charge in [-0.1, -0.05) is 15.9 Å². The molecule has 0 fully saturated rings. The number of halogens is 1. The van der Waals surface area contributed by atoms with E-state index in [2.05, 4.69) is 44.4 Å². The van der Waals surface area contributed by atoms with Gasteiger partial charge in [0.25, 0.3) is 0 Å². The maximum Gasteiger partial charge on any atom is 0.0457 e. The molecule has 0 saturated carbocycles. The first-order chi connectivity index (χ1) is 6.29. The average Bonchev–Trinajstić information content (AvgIpc) is 2.46. The Labute approximate surface area is 85.5 Å². The van der Waals surface area contributed by atoms with Crippen LogP contribution in [-0.4, -0.2) is 12.0 Å². The largest absolute Gasteiger partial charge is 0.357 e. The van der Waals surface area contributed by atoms with Gasteiger partial charge >= 0.3 is 0 Å². The fourth-order valence-corrected chi connectivity index (χ4v) is 1.83. The quantitative estimate of drug-likeness (QED) is 0.828. The summed E-state index contributed by atoms with van der Waals surface area (Å²) in [5.74, 6) is 0. The maximum atomic E-state index is 3.45. The van der Waals surface area contributed by atoms with Crippen LogP contribution in [0.15, 0.2) is 28.7 Å². The van der Waals surface area contributed by atoms with E-state index in [-0.39, 0.29) is 0 Å². The van der Waals surface area contributed by atoms with E-state index in [1.807, 2.05) is 13.1 Å². The lowest BCUT2D eigenvalue weighted by molar-refractivity contribution is 0.800. The SMILES string of the molecule is CNCc1cc2cc(Br)ccc2[nH]1. The smallest absolute Gasteiger partial charge is 0.0457 e. The van der Waals surface area contributed by atoms with Crippen molar-refractivity contribution in [2.45, 2.75) is 6.54 Å². The van der Waals surface area contributed by atoms with E-state index in [1.54, 1.807) is 0 Å². The Hall–Kier alpha value is -0.800. The second-order valence-corrected chi connectivity index (χ2v) is 3.97. The summed E-state index contributed by atoms with van der Waals surface area (Å²) in [6, 6.07) is 8.40. The van der Waals surface area contributed by atoms with Crippen molar-refractivity contribution in [3.63, 3.8) is 0 Å². The second kappa shape index (κ2) is 3.52. The van der Waals surface area contributed by atoms with Crippen molar-refractivity contribution in [2.75, 3.05) is 7.05 Å². The van der Waals surface area contributed by atoms with Crippen LogP contribution < -0.4 is 5.32 Å². The summed E-state index contributed by atoms with van der Waals surface area (Å²) in [6.07, 6.45) is 0. The summed E-state index contributed by atoms with van der Waals surface area (Å²) >= 11 is 3.45. The van der Waals surface area contributed by atoms with Crippen LogP contribution in [0.3, 0.4) is 0 Å². The van der Waals surface area contributed by atoms with Crippen molar-refractivity contribution in [3.05, 3.63) is 34.4 Å². The third-order valence-electron chi connectivity index (χ3n) is 2.01. The summed E-state index contributed by atoms with van der Waals surface area (Å²) in [7, 11) is 1.95. The molecule has 1 aromatic heterocycles. The predicted molar refractivity (Wildman–Crippen MR) is 58.8 cm³/mol. The fraction of sp³-hybridized carbons (Fsp3) is 0.200. The highest BCUT2D eigenvalue weighted by atomic mass is 79.9. The third kappa shape index (κ3) is 1.76. The molecule has 2 rings (SSSR count). The molecule has 1 aromatic carbocycles. The van der Waals surface area contributed by atoms with Crippen molar-refractivity contribution >= 4 is 26.8 Å². The first-order valence-electron chi connectivity index (χ1n) is 4.21. The van der Waals surface area contributed by atoms with Crippen LogP contribution in [0.1, 0.15) is 5.69 Å². The van der Waals surface area contributed by atoms with E-state index < -0.39 is 0 Å². The average molecular weight is 239 g/mol. The number of H-pyrrole nitrogens is 1. The number of aromatic amines is 1. The Bertz CT molecular complexity index is 420. The Morgan fingerprint density at radius 3 is 3.00 bits per heavy atom. The van der Waals surface area contributed by atoms with Crippen LogP contribution >= 0.6 is 15.9 Å². The van der Waals surface area contributed by atoms with Crippen LogP contribution in [0.2, 0.25) is 0 Å². The number of hydrogen-bond acceptors (Lipinski definition) is 1. The molecule has 0 amide bonds. The fourth-order valence-electron chi connectivity index (χ4n) is 1.45. The van der Waals surface area contributed by atoms with Gasteiger partial charge in [0.05, 0.1) is 0 Å². The Balaban J connectivity index is 2.49. The van der Waals surface area contributed by atoms with Gasteiger partial charge < -0.3 is 10.3 Å². The maximum absolute atomic E-state index is 3.45. The van der Waals surface area contributed by atoms with Crippen LogP contribution in [0.25, 0.3) is 10.9 Å². The zero-order valence-corrected chi connectivity index (χ0v) is 8.98. The molecule has 0 aliphatic carbocycles. The van der Waals surface area contributed by atoms with Crippen LogP contribution in [0.5, 0.6) is 0 Å². The molecular weight excluding hydrogens is 228 g/mol. The molecule has 0 spiro atoms. The molecular formula is C10H11BrN2. The van der Waals surface area contributed by atoms with Gasteiger partial charge in [0.15, 0.2) is 0 Å². The van der Waals surface area contributed by atoms with Gasteiger partial charge in [0.1, 0.15) is 0 Å². The zero-order chi connectivity index (χ0) is 9.26. The monoisotopic (exact) mass is 238 g/mol. The topological polar surface area (TPSA) is 27.8 Å². The molecule has 0 saturated heterocycles. The summed E-state index contributed by atoms with van der Waals surface area (Å²) in [6.45, 7) is 0.881. The minimum Gasteiger partial charge on any atom is -0.357 e. The number of hydrogen-bond donors (Lipinski definition) is 2. The van der Waals surface area contributed by atoms with E-state index in [0.717, 1.165) is 11.0 Å². The molecule has 68 valence electrons. The Morgan fingerprint density at radius 2 is 2.23 bits per heavy atom. The number of nitrogens with one attached hydrogen (secondary N) is 2. The highest BCUT2D eigenvalue weighted by molar-refractivity contribution is 9.10. The number of aromatic nitrogens is 1. The Morgan fingerprint density at radius 1 is 1.38 bits per heavy atom. The van der Waals surface area contributed by atoms with Crippen LogP contribution in [-0.2, 0) is 6.54 Å². The van der Waals surface area contributed by atoms with Crippen LogP contribution in [0.4, 0.5) is 0 Å². The number of benzene rings is 1. The van der Waals surface area contributed by atoms with Gasteiger partial charge in [0.2, 0.25) is 0 Å². The lowest BCUT2D eigenvalue weighted by Gasteiger charge is -1.91. The first-order valence-corrected chi connectivity index (χ1v) is 5.00. The van der Waals surface area contributed by atoms with E-state index in [0.29, 0.717) is 0 Å². The number of rotatable bonds is 2. The van der Waals surface area contributed by atoms with Crippen molar-refractivity contribution in [2.24, 2.45) is 0 Å². The minimum atomic E-state index is 0.881. The van der Waals surface area contributed by atoms with Crippen molar-refractivity contribution in [1.82, 2.24) is 10.3 Å². The normalized spacial score (nSPS) is 10.9. The summed E-state index contributed by atoms with van der Waals surface area (Å²) in [5.41, 5.74) is 2.41. The summed E-state index contributed by atoms with van der Waals surface area (Å²) < 4.78 is 1.12. The van der Waals surface area contributed by atoms with Gasteiger partial charge in [-0.05, 0) is 31.3 Å². The Kier molecular flexibility index (Phi) is 2.38. The van der Waals surface area contributed by atoms with Crippen LogP contribution in [0, 0.1) is 0 Å². The molecule has 13 heavy (non-hydrogen) atoms. The standard InChI is InChI=1S/C10H11BrN2/c1-12-6-9-5-7-4-8(11)2-3-10(7)13-9/h2-5,12-13H,6H2,1H3. The first kappa shape index (κ1) is 8.78. The predicted octanol–water partition coefficient (Wildman–Crippen LogP) is 2.65. The summed E-state index contributed by atoms with van der Waals surface area (Å²) in [5, 5.41) is 4.37. The highest BCUT2D eigenvalue weighted by Crippen LogP contribution is 2.20. The van der Waals surface area contributed by atoms with Crippen molar-refractivity contribution in [1.29, 1.82) is 0 Å². The van der Waals surface area contributed by atoms with Gasteiger partial charge in [-0.3, -0.25) is 0 Å². The minimum absolute atomic E-state index is 0.881. The molecule has 0 atom stereocenters. The van der Waals surface area contributed by atoms with Crippen molar-refractivity contribution < 1.29 is 0 Å². The molecule has 1 heterocycles. The molecule has 0 unspecified atom stereocenters. The van der Waals surface area contributed by atoms with Gasteiger partial charge in [0, 0.05) is 27.6 Å². The van der Waals surface area contributed by atoms with Crippen molar-refractivity contribution in [3.8, 4) is 0 Å².